The van der Waals surface area contributed by atoms with Crippen LogP contribution < -0.4 is 4.72 Å². The summed E-state index contributed by atoms with van der Waals surface area (Å²) in [6, 6.07) is 6.99. The first kappa shape index (κ1) is 17.9. The maximum absolute atomic E-state index is 12.2. The molecule has 1 aromatic heterocycles. The molecule has 23 heavy (non-hydrogen) atoms. The summed E-state index contributed by atoms with van der Waals surface area (Å²) in [6.45, 7) is 3.98. The van der Waals surface area contributed by atoms with E-state index < -0.39 is 16.1 Å². The zero-order valence-electron chi connectivity index (χ0n) is 13.0. The number of halogens is 1. The summed E-state index contributed by atoms with van der Waals surface area (Å²) in [4.78, 5) is 3.91. The summed E-state index contributed by atoms with van der Waals surface area (Å²) >= 11 is 5.87. The van der Waals surface area contributed by atoms with Crippen molar-refractivity contribution in [1.82, 2.24) is 14.3 Å². The van der Waals surface area contributed by atoms with Crippen molar-refractivity contribution in [2.75, 3.05) is 6.54 Å². The van der Waals surface area contributed by atoms with Crippen LogP contribution in [0.3, 0.4) is 0 Å². The van der Waals surface area contributed by atoms with Crippen molar-refractivity contribution in [3.8, 4) is 0 Å². The van der Waals surface area contributed by atoms with Crippen LogP contribution in [-0.4, -0.2) is 29.6 Å². The van der Waals surface area contributed by atoms with Gasteiger partial charge in [-0.25, -0.2) is 18.1 Å². The second kappa shape index (κ2) is 7.44. The molecule has 0 saturated heterocycles. The van der Waals surface area contributed by atoms with Crippen molar-refractivity contribution < 1.29 is 13.5 Å². The number of hydrogen-bond acceptors (Lipinski definition) is 4. The van der Waals surface area contributed by atoms with E-state index in [0.717, 1.165) is 0 Å². The van der Waals surface area contributed by atoms with Gasteiger partial charge in [-0.2, -0.15) is 0 Å². The van der Waals surface area contributed by atoms with Crippen LogP contribution >= 0.6 is 11.6 Å². The molecule has 2 N–H and O–H groups in total. The lowest BCUT2D eigenvalue weighted by Gasteiger charge is -2.11. The predicted octanol–water partition coefficient (Wildman–Crippen LogP) is 2.52. The van der Waals surface area contributed by atoms with Gasteiger partial charge in [0.15, 0.2) is 5.03 Å². The molecule has 1 atom stereocenters. The predicted molar refractivity (Wildman–Crippen MR) is 88.8 cm³/mol. The van der Waals surface area contributed by atoms with E-state index in [1.54, 1.807) is 28.8 Å². The molecule has 0 aliphatic rings. The molecule has 126 valence electrons. The van der Waals surface area contributed by atoms with E-state index in [1.807, 2.05) is 13.8 Å². The molecule has 0 bridgehead atoms. The highest BCUT2D eigenvalue weighted by Gasteiger charge is 2.18. The lowest BCUT2D eigenvalue weighted by molar-refractivity contribution is 0.169. The average Bonchev–Trinajstić information content (AvgIpc) is 2.98. The Kier molecular flexibility index (Phi) is 5.80. The summed E-state index contributed by atoms with van der Waals surface area (Å²) in [7, 11) is -3.68. The molecule has 0 saturated carbocycles. The molecule has 0 unspecified atom stereocenters. The Balaban J connectivity index is 1.94. The zero-order valence-corrected chi connectivity index (χ0v) is 14.5. The fraction of sp³-hybridized carbons (Fsp3) is 0.400. The first-order valence-electron chi connectivity index (χ1n) is 7.26. The smallest absolute Gasteiger partial charge is 0.259 e. The SMILES string of the molecule is CC(C)n1cnc(S(=O)(=O)NCC[C@@H](O)c2cccc(Cl)c2)c1. The molecule has 0 radical (unpaired) electrons. The van der Waals surface area contributed by atoms with Gasteiger partial charge in [0.25, 0.3) is 10.0 Å². The minimum Gasteiger partial charge on any atom is -0.388 e. The molecule has 2 rings (SSSR count). The van der Waals surface area contributed by atoms with Crippen molar-refractivity contribution in [3.63, 3.8) is 0 Å². The maximum atomic E-state index is 12.2. The lowest BCUT2D eigenvalue weighted by atomic mass is 10.1. The van der Waals surface area contributed by atoms with Crippen LogP contribution in [0.25, 0.3) is 0 Å². The van der Waals surface area contributed by atoms with Crippen LogP contribution in [0.15, 0.2) is 41.8 Å². The third kappa shape index (κ3) is 4.78. The highest BCUT2D eigenvalue weighted by Crippen LogP contribution is 2.20. The van der Waals surface area contributed by atoms with E-state index in [-0.39, 0.29) is 24.0 Å². The van der Waals surface area contributed by atoms with Crippen molar-refractivity contribution in [3.05, 3.63) is 47.4 Å². The number of aliphatic hydroxyl groups excluding tert-OH is 1. The third-order valence-corrected chi connectivity index (χ3v) is 4.97. The summed E-state index contributed by atoms with van der Waals surface area (Å²) < 4.78 is 28.5. The van der Waals surface area contributed by atoms with Crippen LogP contribution in [0.4, 0.5) is 0 Å². The molecule has 1 aromatic carbocycles. The molecule has 1 heterocycles. The molecule has 8 heteroatoms. The van der Waals surface area contributed by atoms with E-state index in [1.165, 1.54) is 12.5 Å². The Morgan fingerprint density at radius 2 is 2.13 bits per heavy atom. The molecular formula is C15H20ClN3O3S. The monoisotopic (exact) mass is 357 g/mol. The van der Waals surface area contributed by atoms with Crippen LogP contribution in [-0.2, 0) is 10.0 Å². The van der Waals surface area contributed by atoms with Gasteiger partial charge in [0.1, 0.15) is 0 Å². The van der Waals surface area contributed by atoms with E-state index >= 15 is 0 Å². The van der Waals surface area contributed by atoms with Gasteiger partial charge < -0.3 is 9.67 Å². The molecule has 0 spiro atoms. The molecular weight excluding hydrogens is 338 g/mol. The first-order chi connectivity index (χ1) is 10.8. The Morgan fingerprint density at radius 1 is 1.39 bits per heavy atom. The Bertz CT molecular complexity index is 759. The minimum atomic E-state index is -3.68. The van der Waals surface area contributed by atoms with Crippen LogP contribution in [0.5, 0.6) is 0 Å². The number of rotatable bonds is 7. The minimum absolute atomic E-state index is 0.0246. The fourth-order valence-corrected chi connectivity index (χ4v) is 3.20. The standard InChI is InChI=1S/C15H20ClN3O3S/c1-11(2)19-9-15(17-10-19)23(21,22)18-7-6-14(20)12-4-3-5-13(16)8-12/h3-5,8-11,14,18,20H,6-7H2,1-2H3/t14-/m1/s1. The zero-order chi connectivity index (χ0) is 17.0. The average molecular weight is 358 g/mol. The van der Waals surface area contributed by atoms with E-state index in [4.69, 9.17) is 11.6 Å². The van der Waals surface area contributed by atoms with Gasteiger partial charge in [-0.15, -0.1) is 0 Å². The summed E-state index contributed by atoms with van der Waals surface area (Å²) in [6.07, 6.45) is 2.43. The number of imidazole rings is 1. The number of nitrogens with one attached hydrogen (secondary N) is 1. The first-order valence-corrected chi connectivity index (χ1v) is 9.12. The van der Waals surface area contributed by atoms with E-state index in [9.17, 15) is 13.5 Å². The summed E-state index contributed by atoms with van der Waals surface area (Å²) in [5.74, 6) is 0. The summed E-state index contributed by atoms with van der Waals surface area (Å²) in [5.41, 5.74) is 0.654. The van der Waals surface area contributed by atoms with Crippen molar-refractivity contribution in [2.45, 2.75) is 37.4 Å². The van der Waals surface area contributed by atoms with Crippen LogP contribution in [0.1, 0.15) is 38.0 Å². The fourth-order valence-electron chi connectivity index (χ4n) is 2.02. The molecule has 2 aromatic rings. The van der Waals surface area contributed by atoms with E-state index in [2.05, 4.69) is 9.71 Å². The second-order valence-corrected chi connectivity index (χ2v) is 7.66. The van der Waals surface area contributed by atoms with Crippen molar-refractivity contribution >= 4 is 21.6 Å². The Morgan fingerprint density at radius 3 is 2.74 bits per heavy atom. The van der Waals surface area contributed by atoms with Crippen molar-refractivity contribution in [1.29, 1.82) is 0 Å². The Hall–Kier alpha value is -1.41. The molecule has 6 nitrogen and oxygen atoms in total. The number of sulfonamides is 1. The normalized spacial score (nSPS) is 13.4. The van der Waals surface area contributed by atoms with Gasteiger partial charge in [0.05, 0.1) is 12.4 Å². The lowest BCUT2D eigenvalue weighted by Crippen LogP contribution is -2.26. The van der Waals surface area contributed by atoms with Gasteiger partial charge in [-0.05, 0) is 38.0 Å². The van der Waals surface area contributed by atoms with Crippen LogP contribution in [0.2, 0.25) is 5.02 Å². The molecule has 0 amide bonds. The topological polar surface area (TPSA) is 84.2 Å². The number of aliphatic hydroxyl groups is 1. The van der Waals surface area contributed by atoms with Gasteiger partial charge >= 0.3 is 0 Å². The van der Waals surface area contributed by atoms with E-state index in [0.29, 0.717) is 10.6 Å². The largest absolute Gasteiger partial charge is 0.388 e. The Labute approximate surface area is 141 Å². The maximum Gasteiger partial charge on any atom is 0.259 e. The van der Waals surface area contributed by atoms with Crippen LogP contribution in [0, 0.1) is 0 Å². The van der Waals surface area contributed by atoms with Gasteiger partial charge in [-0.3, -0.25) is 0 Å². The highest BCUT2D eigenvalue weighted by molar-refractivity contribution is 7.89. The number of aromatic nitrogens is 2. The quantitative estimate of drug-likeness (QED) is 0.797. The molecule has 0 fully saturated rings. The highest BCUT2D eigenvalue weighted by atomic mass is 35.5. The number of benzene rings is 1. The summed E-state index contributed by atoms with van der Waals surface area (Å²) in [5, 5.41) is 10.6. The number of hydrogen-bond donors (Lipinski definition) is 2. The molecule has 0 aliphatic heterocycles. The van der Waals surface area contributed by atoms with Gasteiger partial charge in [0, 0.05) is 23.8 Å². The second-order valence-electron chi connectivity index (χ2n) is 5.51. The van der Waals surface area contributed by atoms with Gasteiger partial charge in [0.2, 0.25) is 0 Å². The van der Waals surface area contributed by atoms with Crippen molar-refractivity contribution in [2.24, 2.45) is 0 Å². The van der Waals surface area contributed by atoms with Gasteiger partial charge in [-0.1, -0.05) is 23.7 Å². The number of nitrogens with zero attached hydrogens (tertiary/aromatic N) is 2. The third-order valence-electron chi connectivity index (χ3n) is 3.39. The molecule has 0 aliphatic carbocycles.